The number of hydrogen-bond donors (Lipinski definition) is 0. The maximum atomic E-state index is 12.1. The Morgan fingerprint density at radius 2 is 2.06 bits per heavy atom. The monoisotopic (exact) mass is 218 g/mol. The lowest BCUT2D eigenvalue weighted by atomic mass is 10.1. The summed E-state index contributed by atoms with van der Waals surface area (Å²) in [6, 6.07) is 3.83. The Kier molecular flexibility index (Phi) is 3.54. The van der Waals surface area contributed by atoms with Crippen LogP contribution in [0.3, 0.4) is 0 Å². The number of rotatable bonds is 2. The van der Waals surface area contributed by atoms with E-state index in [1.807, 2.05) is 17.0 Å². The highest BCUT2D eigenvalue weighted by molar-refractivity contribution is 5.93. The average molecular weight is 218 g/mol. The number of piperidine rings is 1. The molecular weight excluding hydrogens is 200 g/mol. The summed E-state index contributed by atoms with van der Waals surface area (Å²) in [6.45, 7) is 3.86. The predicted molar refractivity (Wildman–Crippen MR) is 63.4 cm³/mol. The van der Waals surface area contributed by atoms with E-state index in [0.717, 1.165) is 43.6 Å². The van der Waals surface area contributed by atoms with Crippen LogP contribution < -0.4 is 0 Å². The second kappa shape index (κ2) is 5.10. The minimum absolute atomic E-state index is 0.134. The molecule has 0 bridgehead atoms. The first-order valence-corrected chi connectivity index (χ1v) is 6.05. The van der Waals surface area contributed by atoms with Gasteiger partial charge in [-0.1, -0.05) is 6.92 Å². The zero-order valence-electron chi connectivity index (χ0n) is 9.78. The summed E-state index contributed by atoms with van der Waals surface area (Å²) < 4.78 is 0. The average Bonchev–Trinajstić information content (AvgIpc) is 2.39. The van der Waals surface area contributed by atoms with Crippen LogP contribution in [0.15, 0.2) is 18.3 Å². The smallest absolute Gasteiger partial charge is 0.255 e. The Labute approximate surface area is 96.5 Å². The molecule has 0 aromatic carbocycles. The first-order chi connectivity index (χ1) is 7.81. The van der Waals surface area contributed by atoms with Crippen molar-refractivity contribution < 1.29 is 4.79 Å². The molecule has 3 nitrogen and oxygen atoms in total. The Balaban J connectivity index is 2.07. The number of nitrogens with zero attached hydrogens (tertiary/aromatic N) is 2. The van der Waals surface area contributed by atoms with Crippen LogP contribution in [0, 0.1) is 0 Å². The number of aromatic nitrogens is 1. The van der Waals surface area contributed by atoms with E-state index in [1.165, 1.54) is 6.42 Å². The summed E-state index contributed by atoms with van der Waals surface area (Å²) in [5.74, 6) is 0.134. The van der Waals surface area contributed by atoms with E-state index in [-0.39, 0.29) is 5.91 Å². The summed E-state index contributed by atoms with van der Waals surface area (Å²) in [5.41, 5.74) is 1.76. The van der Waals surface area contributed by atoms with Crippen molar-refractivity contribution in [2.75, 3.05) is 13.1 Å². The van der Waals surface area contributed by atoms with Gasteiger partial charge < -0.3 is 4.90 Å². The fraction of sp³-hybridized carbons (Fsp3) is 0.538. The van der Waals surface area contributed by atoms with Crippen molar-refractivity contribution in [3.63, 3.8) is 0 Å². The SMILES string of the molecule is CCc1ccc(C(=O)N2CCCCC2)cn1. The molecule has 2 heterocycles. The van der Waals surface area contributed by atoms with Gasteiger partial charge in [0.1, 0.15) is 0 Å². The van der Waals surface area contributed by atoms with Crippen LogP contribution in [0.4, 0.5) is 0 Å². The molecule has 0 spiro atoms. The number of carbonyl (C=O) groups excluding carboxylic acids is 1. The van der Waals surface area contributed by atoms with Gasteiger partial charge >= 0.3 is 0 Å². The Morgan fingerprint density at radius 3 is 2.62 bits per heavy atom. The number of amides is 1. The third-order valence-corrected chi connectivity index (χ3v) is 3.08. The van der Waals surface area contributed by atoms with Crippen LogP contribution in [0.5, 0.6) is 0 Å². The van der Waals surface area contributed by atoms with Crippen molar-refractivity contribution in [1.29, 1.82) is 0 Å². The molecule has 3 heteroatoms. The van der Waals surface area contributed by atoms with Gasteiger partial charge in [-0.3, -0.25) is 9.78 Å². The van der Waals surface area contributed by atoms with E-state index in [4.69, 9.17) is 0 Å². The minimum atomic E-state index is 0.134. The highest BCUT2D eigenvalue weighted by Crippen LogP contribution is 2.12. The van der Waals surface area contributed by atoms with Crippen LogP contribution in [-0.2, 0) is 6.42 Å². The van der Waals surface area contributed by atoms with Gasteiger partial charge in [-0.15, -0.1) is 0 Å². The number of likely N-dealkylation sites (tertiary alicyclic amines) is 1. The first-order valence-electron chi connectivity index (χ1n) is 6.05. The second-order valence-electron chi connectivity index (χ2n) is 4.24. The summed E-state index contributed by atoms with van der Waals surface area (Å²) in [6.07, 6.45) is 6.13. The van der Waals surface area contributed by atoms with E-state index in [0.29, 0.717) is 0 Å². The third kappa shape index (κ3) is 2.40. The highest BCUT2D eigenvalue weighted by Gasteiger charge is 2.17. The molecule has 0 radical (unpaired) electrons. The number of carbonyl (C=O) groups is 1. The highest BCUT2D eigenvalue weighted by atomic mass is 16.2. The molecule has 0 unspecified atom stereocenters. The van der Waals surface area contributed by atoms with Gasteiger partial charge in [-0.2, -0.15) is 0 Å². The van der Waals surface area contributed by atoms with Gasteiger partial charge in [0.05, 0.1) is 5.56 Å². The van der Waals surface area contributed by atoms with Crippen LogP contribution in [0.25, 0.3) is 0 Å². The second-order valence-corrected chi connectivity index (χ2v) is 4.24. The van der Waals surface area contributed by atoms with E-state index < -0.39 is 0 Å². The molecule has 0 saturated carbocycles. The molecule has 1 aliphatic heterocycles. The van der Waals surface area contributed by atoms with Gasteiger partial charge in [0.25, 0.3) is 5.91 Å². The maximum absolute atomic E-state index is 12.1. The Bertz CT molecular complexity index is 353. The summed E-state index contributed by atoms with van der Waals surface area (Å²) >= 11 is 0. The molecule has 0 N–H and O–H groups in total. The van der Waals surface area contributed by atoms with Crippen molar-refractivity contribution >= 4 is 5.91 Å². The van der Waals surface area contributed by atoms with Gasteiger partial charge in [-0.05, 0) is 37.8 Å². The van der Waals surface area contributed by atoms with Gasteiger partial charge in [-0.25, -0.2) is 0 Å². The quantitative estimate of drug-likeness (QED) is 0.763. The molecule has 1 amide bonds. The lowest BCUT2D eigenvalue weighted by Crippen LogP contribution is -2.35. The molecule has 1 fully saturated rings. The molecule has 1 saturated heterocycles. The Morgan fingerprint density at radius 1 is 1.31 bits per heavy atom. The van der Waals surface area contributed by atoms with Crippen molar-refractivity contribution in [2.24, 2.45) is 0 Å². The van der Waals surface area contributed by atoms with Crippen molar-refractivity contribution in [1.82, 2.24) is 9.88 Å². The van der Waals surface area contributed by atoms with Crippen LogP contribution in [0.1, 0.15) is 42.2 Å². The van der Waals surface area contributed by atoms with E-state index in [1.54, 1.807) is 6.20 Å². The van der Waals surface area contributed by atoms with Gasteiger partial charge in [0.2, 0.25) is 0 Å². The minimum Gasteiger partial charge on any atom is -0.339 e. The predicted octanol–water partition coefficient (Wildman–Crippen LogP) is 2.27. The molecule has 1 aliphatic rings. The zero-order valence-corrected chi connectivity index (χ0v) is 9.78. The molecular formula is C13H18N2O. The van der Waals surface area contributed by atoms with Crippen LogP contribution in [-0.4, -0.2) is 28.9 Å². The first kappa shape index (κ1) is 11.1. The van der Waals surface area contributed by atoms with E-state index in [9.17, 15) is 4.79 Å². The number of pyridine rings is 1. The number of hydrogen-bond acceptors (Lipinski definition) is 2. The Hall–Kier alpha value is -1.38. The normalized spacial score (nSPS) is 16.2. The standard InChI is InChI=1S/C13H18N2O/c1-2-12-7-6-11(10-14-12)13(16)15-8-4-3-5-9-15/h6-7,10H,2-5,8-9H2,1H3. The molecule has 2 rings (SSSR count). The largest absolute Gasteiger partial charge is 0.339 e. The van der Waals surface area contributed by atoms with Crippen molar-refractivity contribution in [3.05, 3.63) is 29.6 Å². The summed E-state index contributed by atoms with van der Waals surface area (Å²) in [5, 5.41) is 0. The van der Waals surface area contributed by atoms with Gasteiger partial charge in [0, 0.05) is 25.0 Å². The summed E-state index contributed by atoms with van der Waals surface area (Å²) in [4.78, 5) is 18.3. The topological polar surface area (TPSA) is 33.2 Å². The van der Waals surface area contributed by atoms with Crippen molar-refractivity contribution in [3.8, 4) is 0 Å². The molecule has 0 aliphatic carbocycles. The van der Waals surface area contributed by atoms with E-state index >= 15 is 0 Å². The molecule has 0 atom stereocenters. The fourth-order valence-corrected chi connectivity index (χ4v) is 2.04. The molecule has 86 valence electrons. The fourth-order valence-electron chi connectivity index (χ4n) is 2.04. The zero-order chi connectivity index (χ0) is 11.4. The molecule has 1 aromatic heterocycles. The lowest BCUT2D eigenvalue weighted by molar-refractivity contribution is 0.0724. The van der Waals surface area contributed by atoms with Crippen molar-refractivity contribution in [2.45, 2.75) is 32.6 Å². The number of aryl methyl sites for hydroxylation is 1. The van der Waals surface area contributed by atoms with E-state index in [2.05, 4.69) is 11.9 Å². The maximum Gasteiger partial charge on any atom is 0.255 e. The van der Waals surface area contributed by atoms with Crippen LogP contribution >= 0.6 is 0 Å². The van der Waals surface area contributed by atoms with Crippen LogP contribution in [0.2, 0.25) is 0 Å². The lowest BCUT2D eigenvalue weighted by Gasteiger charge is -2.26. The summed E-state index contributed by atoms with van der Waals surface area (Å²) in [7, 11) is 0. The van der Waals surface area contributed by atoms with Gasteiger partial charge in [0.15, 0.2) is 0 Å². The molecule has 1 aromatic rings. The molecule has 16 heavy (non-hydrogen) atoms. The third-order valence-electron chi connectivity index (χ3n) is 3.08.